The third kappa shape index (κ3) is 1.14. The molecule has 2 heteroatoms. The number of hydrogen-bond donors (Lipinski definition) is 0. The normalized spacial score (nSPS) is 31.9. The van der Waals surface area contributed by atoms with Gasteiger partial charge in [-0.25, -0.2) is 0 Å². The Morgan fingerprint density at radius 1 is 1.43 bits per heavy atom. The van der Waals surface area contributed by atoms with E-state index < -0.39 is 0 Å². The van der Waals surface area contributed by atoms with Crippen molar-refractivity contribution >= 4 is 5.57 Å². The molecule has 0 spiro atoms. The average molecular weight is 189 g/mol. The molecule has 3 heterocycles. The fourth-order valence-corrected chi connectivity index (χ4v) is 2.69. The molecule has 1 fully saturated rings. The van der Waals surface area contributed by atoms with E-state index in [1.165, 1.54) is 18.4 Å². The van der Waals surface area contributed by atoms with Crippen LogP contribution in [0.3, 0.4) is 0 Å². The van der Waals surface area contributed by atoms with E-state index in [4.69, 9.17) is 4.42 Å². The molecule has 2 bridgehead atoms. The topological polar surface area (TPSA) is 16.4 Å². The maximum absolute atomic E-state index is 5.45. The van der Waals surface area contributed by atoms with Gasteiger partial charge in [-0.3, -0.25) is 4.90 Å². The zero-order chi connectivity index (χ0) is 9.54. The van der Waals surface area contributed by atoms with E-state index in [1.54, 1.807) is 6.26 Å². The maximum atomic E-state index is 5.45. The Bertz CT molecular complexity index is 352. The van der Waals surface area contributed by atoms with E-state index in [9.17, 15) is 0 Å². The van der Waals surface area contributed by atoms with Crippen molar-refractivity contribution in [2.24, 2.45) is 0 Å². The Hall–Kier alpha value is -1.02. The minimum absolute atomic E-state index is 0.647. The summed E-state index contributed by atoms with van der Waals surface area (Å²) in [7, 11) is 2.23. The quantitative estimate of drug-likeness (QED) is 0.675. The Kier molecular flexibility index (Phi) is 1.77. The van der Waals surface area contributed by atoms with Crippen LogP contribution in [0.1, 0.15) is 25.0 Å². The van der Waals surface area contributed by atoms with Crippen molar-refractivity contribution in [2.45, 2.75) is 31.3 Å². The molecule has 0 aromatic carbocycles. The minimum Gasteiger partial charge on any atom is -0.465 e. The first kappa shape index (κ1) is 8.30. The van der Waals surface area contributed by atoms with Crippen LogP contribution in [0.5, 0.6) is 0 Å². The molecule has 2 unspecified atom stereocenters. The first-order valence-corrected chi connectivity index (χ1v) is 5.31. The number of nitrogens with zero attached hydrogens (tertiary/aromatic N) is 1. The zero-order valence-electron chi connectivity index (χ0n) is 8.44. The summed E-state index contributed by atoms with van der Waals surface area (Å²) in [5.74, 6) is 1.06. The summed E-state index contributed by atoms with van der Waals surface area (Å²) in [5.41, 5.74) is 1.40. The predicted molar refractivity (Wildman–Crippen MR) is 55.9 cm³/mol. The van der Waals surface area contributed by atoms with Crippen molar-refractivity contribution in [1.29, 1.82) is 0 Å². The second-order valence-electron chi connectivity index (χ2n) is 4.34. The van der Waals surface area contributed by atoms with Crippen LogP contribution in [0, 0.1) is 0 Å². The molecule has 74 valence electrons. The molecular weight excluding hydrogens is 174 g/mol. The zero-order valence-corrected chi connectivity index (χ0v) is 8.44. The Balaban J connectivity index is 1.94. The second kappa shape index (κ2) is 2.99. The first-order valence-electron chi connectivity index (χ1n) is 5.31. The lowest BCUT2D eigenvalue weighted by Crippen LogP contribution is -2.34. The molecule has 1 aromatic rings. The molecule has 0 radical (unpaired) electrons. The van der Waals surface area contributed by atoms with Crippen LogP contribution in [-0.4, -0.2) is 24.0 Å². The molecule has 0 N–H and O–H groups in total. The highest BCUT2D eigenvalue weighted by Crippen LogP contribution is 2.37. The highest BCUT2D eigenvalue weighted by atomic mass is 16.3. The largest absolute Gasteiger partial charge is 0.465 e. The molecule has 1 saturated heterocycles. The molecule has 2 aliphatic heterocycles. The standard InChI is InChI=1S/C12H15NO/c1-13-10-4-5-11(13)8-9(7-10)12-3-2-6-14-12/h2-3,6-7,10-11H,4-5,8H2,1H3. The SMILES string of the molecule is CN1C2C=C(c3ccco3)CC1CC2. The van der Waals surface area contributed by atoms with Crippen LogP contribution in [0.2, 0.25) is 0 Å². The first-order chi connectivity index (χ1) is 6.84. The number of hydrogen-bond acceptors (Lipinski definition) is 2. The van der Waals surface area contributed by atoms with Crippen LogP contribution in [-0.2, 0) is 0 Å². The second-order valence-corrected chi connectivity index (χ2v) is 4.34. The smallest absolute Gasteiger partial charge is 0.129 e. The molecule has 0 amide bonds. The van der Waals surface area contributed by atoms with E-state index in [1.807, 2.05) is 6.07 Å². The molecular formula is C12H15NO. The van der Waals surface area contributed by atoms with Crippen molar-refractivity contribution in [1.82, 2.24) is 4.90 Å². The van der Waals surface area contributed by atoms with Gasteiger partial charge in [0.05, 0.1) is 6.26 Å². The molecule has 2 nitrogen and oxygen atoms in total. The van der Waals surface area contributed by atoms with Gasteiger partial charge in [0, 0.05) is 12.1 Å². The number of likely N-dealkylation sites (N-methyl/N-ethyl adjacent to an activating group) is 1. The highest BCUT2D eigenvalue weighted by Gasteiger charge is 2.34. The lowest BCUT2D eigenvalue weighted by atomic mass is 10.00. The van der Waals surface area contributed by atoms with Crippen molar-refractivity contribution in [3.8, 4) is 0 Å². The Morgan fingerprint density at radius 2 is 2.36 bits per heavy atom. The van der Waals surface area contributed by atoms with Gasteiger partial charge in [-0.05, 0) is 44.0 Å². The van der Waals surface area contributed by atoms with Crippen LogP contribution in [0.4, 0.5) is 0 Å². The Labute approximate surface area is 84.2 Å². The van der Waals surface area contributed by atoms with Crippen molar-refractivity contribution in [3.63, 3.8) is 0 Å². The van der Waals surface area contributed by atoms with Gasteiger partial charge in [-0.1, -0.05) is 6.08 Å². The molecule has 3 rings (SSSR count). The number of rotatable bonds is 1. The summed E-state index contributed by atoms with van der Waals surface area (Å²) >= 11 is 0. The van der Waals surface area contributed by atoms with E-state index >= 15 is 0 Å². The lowest BCUT2D eigenvalue weighted by molar-refractivity contribution is 0.263. The van der Waals surface area contributed by atoms with E-state index in [2.05, 4.69) is 24.1 Å². The highest BCUT2D eigenvalue weighted by molar-refractivity contribution is 5.64. The summed E-state index contributed by atoms with van der Waals surface area (Å²) in [4.78, 5) is 2.49. The van der Waals surface area contributed by atoms with E-state index in [0.717, 1.165) is 18.2 Å². The van der Waals surface area contributed by atoms with E-state index in [0.29, 0.717) is 6.04 Å². The van der Waals surface area contributed by atoms with Crippen molar-refractivity contribution < 1.29 is 4.42 Å². The predicted octanol–water partition coefficient (Wildman–Crippen LogP) is 2.53. The summed E-state index contributed by atoms with van der Waals surface area (Å²) in [6, 6.07) is 5.42. The van der Waals surface area contributed by atoms with Crippen LogP contribution in [0.15, 0.2) is 28.9 Å². The summed E-state index contributed by atoms with van der Waals surface area (Å²) in [6.45, 7) is 0. The summed E-state index contributed by atoms with van der Waals surface area (Å²) in [6.07, 6.45) is 7.94. The van der Waals surface area contributed by atoms with Gasteiger partial charge in [0.1, 0.15) is 5.76 Å². The molecule has 2 atom stereocenters. The minimum atomic E-state index is 0.647. The maximum Gasteiger partial charge on any atom is 0.129 e. The van der Waals surface area contributed by atoms with Crippen LogP contribution < -0.4 is 0 Å². The lowest BCUT2D eigenvalue weighted by Gasteiger charge is -2.29. The van der Waals surface area contributed by atoms with Crippen molar-refractivity contribution in [2.75, 3.05) is 7.05 Å². The van der Waals surface area contributed by atoms with E-state index in [-0.39, 0.29) is 0 Å². The van der Waals surface area contributed by atoms with Gasteiger partial charge in [0.15, 0.2) is 0 Å². The third-order valence-corrected chi connectivity index (χ3v) is 3.58. The molecule has 1 aromatic heterocycles. The average Bonchev–Trinajstić information content (AvgIpc) is 2.75. The third-order valence-electron chi connectivity index (χ3n) is 3.58. The van der Waals surface area contributed by atoms with Crippen molar-refractivity contribution in [3.05, 3.63) is 30.2 Å². The summed E-state index contributed by atoms with van der Waals surface area (Å²) in [5, 5.41) is 0. The monoisotopic (exact) mass is 189 g/mol. The fraction of sp³-hybridized carbons (Fsp3) is 0.500. The Morgan fingerprint density at radius 3 is 3.07 bits per heavy atom. The van der Waals surface area contributed by atoms with Gasteiger partial charge in [-0.15, -0.1) is 0 Å². The molecule has 2 aliphatic rings. The summed E-state index contributed by atoms with van der Waals surface area (Å²) < 4.78 is 5.45. The van der Waals surface area contributed by atoms with Gasteiger partial charge < -0.3 is 4.42 Å². The van der Waals surface area contributed by atoms with Gasteiger partial charge in [-0.2, -0.15) is 0 Å². The van der Waals surface area contributed by atoms with Gasteiger partial charge >= 0.3 is 0 Å². The van der Waals surface area contributed by atoms with Gasteiger partial charge in [0.2, 0.25) is 0 Å². The fourth-order valence-electron chi connectivity index (χ4n) is 2.69. The molecule has 0 saturated carbocycles. The number of fused-ring (bicyclic) bond motifs is 2. The van der Waals surface area contributed by atoms with Gasteiger partial charge in [0.25, 0.3) is 0 Å². The number of furan rings is 1. The van der Waals surface area contributed by atoms with Crippen LogP contribution in [0.25, 0.3) is 5.57 Å². The molecule has 0 aliphatic carbocycles. The molecule has 14 heavy (non-hydrogen) atoms. The van der Waals surface area contributed by atoms with Crippen LogP contribution >= 0.6 is 0 Å².